The normalized spacial score (nSPS) is 14.7. The molecule has 0 spiro atoms. The Hall–Kier alpha value is -4.04. The van der Waals surface area contributed by atoms with Gasteiger partial charge in [0.1, 0.15) is 6.04 Å². The van der Waals surface area contributed by atoms with E-state index < -0.39 is 17.9 Å². The summed E-state index contributed by atoms with van der Waals surface area (Å²) in [6, 6.07) is 18.5. The van der Waals surface area contributed by atoms with Gasteiger partial charge in [0, 0.05) is 42.3 Å². The largest absolute Gasteiger partial charge is 0.480 e. The topological polar surface area (TPSA) is 110 Å². The van der Waals surface area contributed by atoms with Crippen molar-refractivity contribution in [3.63, 3.8) is 0 Å². The number of imidazole rings is 1. The second-order valence-electron chi connectivity index (χ2n) is 10.8. The first kappa shape index (κ1) is 28.5. The number of fused-ring (bicyclic) bond motifs is 1. The van der Waals surface area contributed by atoms with Gasteiger partial charge < -0.3 is 25.6 Å². The minimum absolute atomic E-state index is 0.199. The number of aryl methyl sites for hydroxylation is 2. The molecule has 5 rings (SSSR count). The van der Waals surface area contributed by atoms with Gasteiger partial charge in [-0.15, -0.1) is 0 Å². The Morgan fingerprint density at radius 3 is 2.54 bits per heavy atom. The zero-order valence-electron chi connectivity index (χ0n) is 23.4. The van der Waals surface area contributed by atoms with Gasteiger partial charge >= 0.3 is 5.97 Å². The molecule has 41 heavy (non-hydrogen) atoms. The van der Waals surface area contributed by atoms with Gasteiger partial charge in [-0.25, -0.2) is 9.78 Å². The van der Waals surface area contributed by atoms with Crippen LogP contribution in [0.5, 0.6) is 0 Å². The number of carboxylic acids is 1. The van der Waals surface area contributed by atoms with Crippen LogP contribution in [0.2, 0.25) is 5.02 Å². The molecule has 8 nitrogen and oxygen atoms in total. The van der Waals surface area contributed by atoms with Gasteiger partial charge in [-0.1, -0.05) is 42.8 Å². The van der Waals surface area contributed by atoms with Crippen LogP contribution in [0.4, 0.5) is 11.6 Å². The maximum absolute atomic E-state index is 13.1. The number of nitrogens with one attached hydrogen (secondary N) is 3. The fourth-order valence-electron chi connectivity index (χ4n) is 5.60. The van der Waals surface area contributed by atoms with E-state index in [1.54, 1.807) is 12.1 Å². The monoisotopic (exact) mass is 573 g/mol. The first-order valence-electron chi connectivity index (χ1n) is 14.2. The molecular formula is C32H36ClN5O3. The summed E-state index contributed by atoms with van der Waals surface area (Å²) in [5.41, 5.74) is 6.01. The zero-order valence-corrected chi connectivity index (χ0v) is 24.2. The van der Waals surface area contributed by atoms with Crippen LogP contribution in [0, 0.1) is 12.8 Å². The average molecular weight is 574 g/mol. The molecule has 9 heteroatoms. The second kappa shape index (κ2) is 12.6. The van der Waals surface area contributed by atoms with Crippen molar-refractivity contribution in [2.24, 2.45) is 5.92 Å². The highest BCUT2D eigenvalue weighted by atomic mass is 35.5. The van der Waals surface area contributed by atoms with Crippen LogP contribution in [0.25, 0.3) is 11.0 Å². The zero-order chi connectivity index (χ0) is 28.9. The van der Waals surface area contributed by atoms with E-state index in [2.05, 4.69) is 25.5 Å². The number of nitrogens with zero attached hydrogens (tertiary/aromatic N) is 2. The lowest BCUT2D eigenvalue weighted by atomic mass is 9.96. The third kappa shape index (κ3) is 6.82. The summed E-state index contributed by atoms with van der Waals surface area (Å²) in [4.78, 5) is 35.4. The minimum Gasteiger partial charge on any atom is -0.480 e. The van der Waals surface area contributed by atoms with E-state index in [9.17, 15) is 14.7 Å². The molecule has 1 saturated heterocycles. The van der Waals surface area contributed by atoms with Gasteiger partial charge in [-0.3, -0.25) is 4.79 Å². The van der Waals surface area contributed by atoms with Crippen molar-refractivity contribution < 1.29 is 14.7 Å². The highest BCUT2D eigenvalue weighted by Crippen LogP contribution is 2.25. The molecule has 1 atom stereocenters. The lowest BCUT2D eigenvalue weighted by Crippen LogP contribution is -2.42. The molecule has 4 aromatic rings. The number of hydrogen-bond donors (Lipinski definition) is 4. The van der Waals surface area contributed by atoms with Gasteiger partial charge in [0.25, 0.3) is 5.91 Å². The molecule has 1 aliphatic rings. The number of aliphatic carboxylic acids is 1. The predicted octanol–water partition coefficient (Wildman–Crippen LogP) is 5.84. The van der Waals surface area contributed by atoms with Crippen LogP contribution >= 0.6 is 11.6 Å². The predicted molar refractivity (Wildman–Crippen MR) is 164 cm³/mol. The van der Waals surface area contributed by atoms with E-state index in [0.717, 1.165) is 71.8 Å². The van der Waals surface area contributed by atoms with Crippen molar-refractivity contribution in [3.05, 3.63) is 87.9 Å². The Balaban J connectivity index is 1.14. The number of carbonyl (C=O) groups is 2. The van der Waals surface area contributed by atoms with Crippen LogP contribution in [0.1, 0.15) is 46.8 Å². The molecule has 1 aliphatic heterocycles. The summed E-state index contributed by atoms with van der Waals surface area (Å²) in [6.07, 6.45) is 2.97. The molecule has 2 heterocycles. The molecule has 0 radical (unpaired) electrons. The number of aromatic amines is 1. The Morgan fingerprint density at radius 1 is 1.12 bits per heavy atom. The number of aromatic nitrogens is 2. The smallest absolute Gasteiger partial charge is 0.326 e. The van der Waals surface area contributed by atoms with Crippen molar-refractivity contribution in [2.45, 2.75) is 45.6 Å². The van der Waals surface area contributed by atoms with E-state index in [0.29, 0.717) is 22.9 Å². The van der Waals surface area contributed by atoms with Crippen LogP contribution in [0.15, 0.2) is 60.7 Å². The molecule has 0 bridgehead atoms. The fourth-order valence-corrected chi connectivity index (χ4v) is 5.89. The quantitative estimate of drug-likeness (QED) is 0.190. The van der Waals surface area contributed by atoms with E-state index in [1.165, 1.54) is 0 Å². The number of benzene rings is 3. The van der Waals surface area contributed by atoms with Gasteiger partial charge in [0.2, 0.25) is 5.95 Å². The first-order chi connectivity index (χ1) is 19.8. The molecule has 1 amide bonds. The van der Waals surface area contributed by atoms with E-state index in [-0.39, 0.29) is 6.42 Å². The standard InChI is InChI=1S/C32H36ClN5O3/c1-3-23-18-24(33)16-20(2)29(23)30(39)35-28(31(40)41)17-21-8-10-25(11-9-21)38-14-12-22(13-15-38)19-34-32-36-26-6-4-5-7-27(26)37-32/h4-11,16,18,22,28H,3,12-15,17,19H2,1-2H3,(H,35,39)(H,40,41)(H2,34,36,37). The molecule has 1 unspecified atom stereocenters. The number of piperidine rings is 1. The molecule has 214 valence electrons. The van der Waals surface area contributed by atoms with Gasteiger partial charge in [-0.2, -0.15) is 0 Å². The molecule has 3 aromatic carbocycles. The number of anilines is 2. The third-order valence-corrected chi connectivity index (χ3v) is 8.11. The SMILES string of the molecule is CCc1cc(Cl)cc(C)c1C(=O)NC(Cc1ccc(N2CCC(CNc3nc4ccccc4[nH]3)CC2)cc1)C(=O)O. The number of hydrogen-bond acceptors (Lipinski definition) is 5. The van der Waals surface area contributed by atoms with Crippen LogP contribution < -0.4 is 15.5 Å². The lowest BCUT2D eigenvalue weighted by molar-refractivity contribution is -0.139. The van der Waals surface area contributed by atoms with E-state index >= 15 is 0 Å². The van der Waals surface area contributed by atoms with E-state index in [4.69, 9.17) is 11.6 Å². The summed E-state index contributed by atoms with van der Waals surface area (Å²) in [6.45, 7) is 6.55. The number of H-pyrrole nitrogens is 1. The highest BCUT2D eigenvalue weighted by Gasteiger charge is 2.24. The van der Waals surface area contributed by atoms with Crippen molar-refractivity contribution in [2.75, 3.05) is 29.9 Å². The Kier molecular flexibility index (Phi) is 8.78. The average Bonchev–Trinajstić information content (AvgIpc) is 3.39. The summed E-state index contributed by atoms with van der Waals surface area (Å²) < 4.78 is 0. The summed E-state index contributed by atoms with van der Waals surface area (Å²) in [7, 11) is 0. The molecular weight excluding hydrogens is 538 g/mol. The Labute approximate surface area is 245 Å². The second-order valence-corrected chi connectivity index (χ2v) is 11.2. The van der Waals surface area contributed by atoms with Crippen LogP contribution in [-0.4, -0.2) is 52.6 Å². The third-order valence-electron chi connectivity index (χ3n) is 7.90. The molecule has 0 aliphatic carbocycles. The number of carbonyl (C=O) groups excluding carboxylic acids is 1. The van der Waals surface area contributed by atoms with Crippen LogP contribution in [0.3, 0.4) is 0 Å². The lowest BCUT2D eigenvalue weighted by Gasteiger charge is -2.33. The van der Waals surface area contributed by atoms with Crippen molar-refractivity contribution in [1.82, 2.24) is 15.3 Å². The number of carboxylic acid groups (broad SMARTS) is 1. The van der Waals surface area contributed by atoms with Crippen molar-refractivity contribution in [1.29, 1.82) is 0 Å². The number of rotatable bonds is 10. The highest BCUT2D eigenvalue weighted by molar-refractivity contribution is 6.30. The summed E-state index contributed by atoms with van der Waals surface area (Å²) in [5, 5.41) is 16.6. The van der Waals surface area contributed by atoms with Gasteiger partial charge in [0.15, 0.2) is 0 Å². The molecule has 0 saturated carbocycles. The van der Waals surface area contributed by atoms with Gasteiger partial charge in [0.05, 0.1) is 11.0 Å². The molecule has 1 fully saturated rings. The molecule has 4 N–H and O–H groups in total. The summed E-state index contributed by atoms with van der Waals surface area (Å²) >= 11 is 6.16. The molecule has 1 aromatic heterocycles. The summed E-state index contributed by atoms with van der Waals surface area (Å²) in [5.74, 6) is -0.0755. The van der Waals surface area contributed by atoms with Crippen molar-refractivity contribution in [3.8, 4) is 0 Å². The van der Waals surface area contributed by atoms with E-state index in [1.807, 2.05) is 62.4 Å². The Morgan fingerprint density at radius 2 is 1.85 bits per heavy atom. The Bertz CT molecular complexity index is 1490. The minimum atomic E-state index is -1.06. The van der Waals surface area contributed by atoms with Gasteiger partial charge in [-0.05, 0) is 85.2 Å². The number of para-hydroxylation sites is 2. The first-order valence-corrected chi connectivity index (χ1v) is 14.5. The maximum Gasteiger partial charge on any atom is 0.326 e. The fraction of sp³-hybridized carbons (Fsp3) is 0.344. The number of halogens is 1. The maximum atomic E-state index is 13.1. The number of amides is 1. The van der Waals surface area contributed by atoms with Crippen LogP contribution in [-0.2, 0) is 17.6 Å². The van der Waals surface area contributed by atoms with Crippen molar-refractivity contribution >= 4 is 46.1 Å².